The first-order valence-electron chi connectivity index (χ1n) is 9.36. The number of hydrazine groups is 1. The van der Waals surface area contributed by atoms with Crippen LogP contribution in [0.5, 0.6) is 5.75 Å². The van der Waals surface area contributed by atoms with Gasteiger partial charge in [0.15, 0.2) is 0 Å². The van der Waals surface area contributed by atoms with E-state index >= 15 is 0 Å². The lowest BCUT2D eigenvalue weighted by atomic mass is 10.0. The SMILES string of the molecule is CCCC1CC(C(=O)N2CCN(C(=O)c3ccccc3OC)CC2)NN1. The van der Waals surface area contributed by atoms with Gasteiger partial charge in [-0.1, -0.05) is 25.5 Å². The fraction of sp³-hybridized carbons (Fsp3) is 0.579. The summed E-state index contributed by atoms with van der Waals surface area (Å²) in [5, 5.41) is 0. The Labute approximate surface area is 154 Å². The molecule has 1 aromatic carbocycles. The lowest BCUT2D eigenvalue weighted by Gasteiger charge is -2.36. The lowest BCUT2D eigenvalue weighted by Crippen LogP contribution is -2.54. The quantitative estimate of drug-likeness (QED) is 0.820. The molecular formula is C19H28N4O3. The highest BCUT2D eigenvalue weighted by molar-refractivity contribution is 5.97. The topological polar surface area (TPSA) is 73.9 Å². The minimum atomic E-state index is -0.164. The maximum atomic E-state index is 12.7. The molecule has 2 heterocycles. The highest BCUT2D eigenvalue weighted by atomic mass is 16.5. The van der Waals surface area contributed by atoms with Crippen LogP contribution < -0.4 is 15.6 Å². The van der Waals surface area contributed by atoms with E-state index in [0.717, 1.165) is 19.3 Å². The predicted octanol–water partition coefficient (Wildman–Crippen LogP) is 1.01. The number of hydrogen-bond acceptors (Lipinski definition) is 5. The van der Waals surface area contributed by atoms with Crippen molar-refractivity contribution in [3.05, 3.63) is 29.8 Å². The highest BCUT2D eigenvalue weighted by Gasteiger charge is 2.34. The fourth-order valence-electron chi connectivity index (χ4n) is 3.66. The number of rotatable bonds is 5. The van der Waals surface area contributed by atoms with Gasteiger partial charge in [-0.2, -0.15) is 0 Å². The summed E-state index contributed by atoms with van der Waals surface area (Å²) in [6.07, 6.45) is 3.00. The molecule has 3 rings (SSSR count). The van der Waals surface area contributed by atoms with E-state index < -0.39 is 0 Å². The first kappa shape index (κ1) is 18.7. The van der Waals surface area contributed by atoms with Crippen LogP contribution in [0.4, 0.5) is 0 Å². The molecule has 2 unspecified atom stereocenters. The van der Waals surface area contributed by atoms with Crippen LogP contribution in [0.1, 0.15) is 36.5 Å². The molecule has 7 nitrogen and oxygen atoms in total. The fourth-order valence-corrected chi connectivity index (χ4v) is 3.66. The van der Waals surface area contributed by atoms with Gasteiger partial charge in [0.05, 0.1) is 12.7 Å². The standard InChI is InChI=1S/C19H28N4O3/c1-3-6-14-13-16(21-20-14)19(25)23-11-9-22(10-12-23)18(24)15-7-4-5-8-17(15)26-2/h4-5,7-8,14,16,20-21H,3,6,9-13H2,1-2H3. The predicted molar refractivity (Wildman–Crippen MR) is 98.8 cm³/mol. The van der Waals surface area contributed by atoms with Crippen molar-refractivity contribution in [1.82, 2.24) is 20.7 Å². The van der Waals surface area contributed by atoms with Gasteiger partial charge in [0, 0.05) is 32.2 Å². The molecule has 0 saturated carbocycles. The second-order valence-electron chi connectivity index (χ2n) is 6.88. The van der Waals surface area contributed by atoms with Crippen molar-refractivity contribution in [3.63, 3.8) is 0 Å². The lowest BCUT2D eigenvalue weighted by molar-refractivity contribution is -0.134. The molecule has 26 heavy (non-hydrogen) atoms. The maximum absolute atomic E-state index is 12.7. The number of nitrogens with zero attached hydrogens (tertiary/aromatic N) is 2. The highest BCUT2D eigenvalue weighted by Crippen LogP contribution is 2.20. The van der Waals surface area contributed by atoms with E-state index in [9.17, 15) is 9.59 Å². The van der Waals surface area contributed by atoms with E-state index in [4.69, 9.17) is 4.74 Å². The van der Waals surface area contributed by atoms with Gasteiger partial charge < -0.3 is 14.5 Å². The molecule has 0 spiro atoms. The summed E-state index contributed by atoms with van der Waals surface area (Å²) in [5.74, 6) is 0.665. The van der Waals surface area contributed by atoms with E-state index in [1.807, 2.05) is 17.0 Å². The third kappa shape index (κ3) is 3.99. The Bertz CT molecular complexity index is 643. The Morgan fingerprint density at radius 2 is 1.81 bits per heavy atom. The molecule has 2 N–H and O–H groups in total. The van der Waals surface area contributed by atoms with Gasteiger partial charge in [-0.3, -0.25) is 15.0 Å². The Hall–Kier alpha value is -2.12. The van der Waals surface area contributed by atoms with E-state index in [2.05, 4.69) is 17.8 Å². The second-order valence-corrected chi connectivity index (χ2v) is 6.88. The molecule has 0 bridgehead atoms. The zero-order valence-electron chi connectivity index (χ0n) is 15.5. The van der Waals surface area contributed by atoms with E-state index in [-0.39, 0.29) is 17.9 Å². The Balaban J connectivity index is 1.54. The number of nitrogens with one attached hydrogen (secondary N) is 2. The molecule has 142 valence electrons. The van der Waals surface area contributed by atoms with Gasteiger partial charge in [-0.15, -0.1) is 0 Å². The number of para-hydroxylation sites is 1. The summed E-state index contributed by atoms with van der Waals surface area (Å²) in [4.78, 5) is 29.1. The Morgan fingerprint density at radius 1 is 1.12 bits per heavy atom. The first-order chi connectivity index (χ1) is 12.6. The summed E-state index contributed by atoms with van der Waals surface area (Å²) in [6, 6.07) is 7.45. The van der Waals surface area contributed by atoms with Crippen LogP contribution in [-0.4, -0.2) is 67.0 Å². The molecule has 0 aliphatic carbocycles. The molecule has 0 aromatic heterocycles. The summed E-state index contributed by atoms with van der Waals surface area (Å²) in [6.45, 7) is 4.36. The van der Waals surface area contributed by atoms with Crippen LogP contribution in [0.3, 0.4) is 0 Å². The number of benzene rings is 1. The van der Waals surface area contributed by atoms with Crippen molar-refractivity contribution in [2.24, 2.45) is 0 Å². The molecule has 1 aromatic rings. The van der Waals surface area contributed by atoms with Crippen LogP contribution in [0.25, 0.3) is 0 Å². The van der Waals surface area contributed by atoms with Gasteiger partial charge in [-0.25, -0.2) is 5.43 Å². The first-order valence-corrected chi connectivity index (χ1v) is 9.36. The number of hydrogen-bond donors (Lipinski definition) is 2. The molecule has 7 heteroatoms. The third-order valence-corrected chi connectivity index (χ3v) is 5.13. The number of amides is 2. The normalized spacial score (nSPS) is 23.2. The summed E-state index contributed by atoms with van der Waals surface area (Å²) >= 11 is 0. The van der Waals surface area contributed by atoms with E-state index in [1.54, 1.807) is 24.1 Å². The Kier molecular flexibility index (Phi) is 6.11. The number of piperazine rings is 1. The average molecular weight is 360 g/mol. The van der Waals surface area contributed by atoms with Gasteiger partial charge in [-0.05, 0) is 25.0 Å². The number of carbonyl (C=O) groups excluding carboxylic acids is 2. The minimum Gasteiger partial charge on any atom is -0.496 e. The van der Waals surface area contributed by atoms with Crippen LogP contribution in [0.2, 0.25) is 0 Å². The van der Waals surface area contributed by atoms with Crippen LogP contribution >= 0.6 is 0 Å². The summed E-state index contributed by atoms with van der Waals surface area (Å²) in [5.41, 5.74) is 6.91. The van der Waals surface area contributed by atoms with Gasteiger partial charge >= 0.3 is 0 Å². The van der Waals surface area contributed by atoms with Crippen molar-refractivity contribution in [2.45, 2.75) is 38.3 Å². The van der Waals surface area contributed by atoms with Crippen LogP contribution in [-0.2, 0) is 4.79 Å². The zero-order chi connectivity index (χ0) is 18.5. The minimum absolute atomic E-state index is 0.0433. The Morgan fingerprint density at radius 3 is 2.50 bits per heavy atom. The van der Waals surface area contributed by atoms with Crippen molar-refractivity contribution in [2.75, 3.05) is 33.3 Å². The average Bonchev–Trinajstić information content (AvgIpc) is 3.16. The van der Waals surface area contributed by atoms with Crippen LogP contribution in [0, 0.1) is 0 Å². The van der Waals surface area contributed by atoms with Crippen LogP contribution in [0.15, 0.2) is 24.3 Å². The molecule has 2 aliphatic rings. The van der Waals surface area contributed by atoms with Crippen molar-refractivity contribution in [1.29, 1.82) is 0 Å². The molecule has 2 amide bonds. The molecular weight excluding hydrogens is 332 g/mol. The monoisotopic (exact) mass is 360 g/mol. The molecule has 2 aliphatic heterocycles. The molecule has 2 saturated heterocycles. The van der Waals surface area contributed by atoms with Gasteiger partial charge in [0.1, 0.15) is 11.8 Å². The van der Waals surface area contributed by atoms with Gasteiger partial charge in [0.25, 0.3) is 5.91 Å². The van der Waals surface area contributed by atoms with E-state index in [1.165, 1.54) is 0 Å². The maximum Gasteiger partial charge on any atom is 0.257 e. The van der Waals surface area contributed by atoms with Gasteiger partial charge in [0.2, 0.25) is 5.91 Å². The molecule has 0 radical (unpaired) electrons. The van der Waals surface area contributed by atoms with Crippen molar-refractivity contribution in [3.8, 4) is 5.75 Å². The number of methoxy groups -OCH3 is 1. The second kappa shape index (κ2) is 8.51. The molecule has 2 atom stereocenters. The largest absolute Gasteiger partial charge is 0.496 e. The number of ether oxygens (including phenoxy) is 1. The third-order valence-electron chi connectivity index (χ3n) is 5.13. The summed E-state index contributed by atoms with van der Waals surface area (Å²) < 4.78 is 5.29. The smallest absolute Gasteiger partial charge is 0.257 e. The van der Waals surface area contributed by atoms with Crippen molar-refractivity contribution >= 4 is 11.8 Å². The molecule has 2 fully saturated rings. The summed E-state index contributed by atoms with van der Waals surface area (Å²) in [7, 11) is 1.57. The van der Waals surface area contributed by atoms with E-state index in [0.29, 0.717) is 43.5 Å². The number of carbonyl (C=O) groups is 2. The zero-order valence-corrected chi connectivity index (χ0v) is 15.5. The van der Waals surface area contributed by atoms with Crippen molar-refractivity contribution < 1.29 is 14.3 Å².